The molecule has 1 amide bonds. The topological polar surface area (TPSA) is 106 Å². The molecule has 0 saturated heterocycles. The number of carbonyl (C=O) groups excluding carboxylic acids is 1. The number of nitrogens with one attached hydrogen (secondary N) is 2. The third-order valence-electron chi connectivity index (χ3n) is 4.37. The fraction of sp³-hybridized carbons (Fsp3) is 0.278. The fourth-order valence-corrected chi connectivity index (χ4v) is 3.49. The van der Waals surface area contributed by atoms with Gasteiger partial charge in [-0.3, -0.25) is 4.79 Å². The number of H-pyrrole nitrogens is 1. The van der Waals surface area contributed by atoms with Crippen molar-refractivity contribution in [2.45, 2.75) is 25.2 Å². The quantitative estimate of drug-likeness (QED) is 0.674. The highest BCUT2D eigenvalue weighted by Crippen LogP contribution is 2.36. The summed E-state index contributed by atoms with van der Waals surface area (Å²) in [5.74, 6) is 6.70. The van der Waals surface area contributed by atoms with Crippen LogP contribution in [0.4, 0.5) is 5.69 Å². The van der Waals surface area contributed by atoms with E-state index in [2.05, 4.69) is 48.1 Å². The molecule has 2 N–H and O–H groups in total. The first kappa shape index (κ1) is 17.2. The van der Waals surface area contributed by atoms with E-state index in [0.29, 0.717) is 22.9 Å². The molecule has 4 rings (SSSR count). The van der Waals surface area contributed by atoms with Crippen molar-refractivity contribution < 1.29 is 9.53 Å². The molecule has 0 unspecified atom stereocenters. The molecule has 0 spiro atoms. The molecule has 0 atom stereocenters. The van der Waals surface area contributed by atoms with Crippen molar-refractivity contribution in [2.75, 3.05) is 12.4 Å². The number of hydrogen-bond donors (Lipinski definition) is 2. The molecule has 27 heavy (non-hydrogen) atoms. The second-order valence-electron chi connectivity index (χ2n) is 6.03. The lowest BCUT2D eigenvalue weighted by atomic mass is 9.83. The number of carbonyl (C=O) groups is 1. The Bertz CT molecular complexity index is 1010. The summed E-state index contributed by atoms with van der Waals surface area (Å²) in [6.07, 6.45) is 3.71. The van der Waals surface area contributed by atoms with Gasteiger partial charge in [0.15, 0.2) is 10.8 Å². The van der Waals surface area contributed by atoms with Crippen LogP contribution < -0.4 is 10.1 Å². The molecule has 3 aromatic rings. The zero-order valence-corrected chi connectivity index (χ0v) is 15.3. The van der Waals surface area contributed by atoms with Crippen LogP contribution in [0.15, 0.2) is 23.6 Å². The number of rotatable bonds is 4. The molecule has 8 nitrogen and oxygen atoms in total. The Labute approximate surface area is 159 Å². The lowest BCUT2D eigenvalue weighted by Gasteiger charge is -2.22. The van der Waals surface area contributed by atoms with Gasteiger partial charge in [0.1, 0.15) is 0 Å². The van der Waals surface area contributed by atoms with E-state index in [1.54, 1.807) is 23.5 Å². The number of hydrogen-bond acceptors (Lipinski definition) is 7. The first-order valence-electron chi connectivity index (χ1n) is 8.44. The number of methoxy groups -OCH3 is 1. The first-order chi connectivity index (χ1) is 13.2. The van der Waals surface area contributed by atoms with Crippen molar-refractivity contribution in [3.63, 3.8) is 0 Å². The van der Waals surface area contributed by atoms with E-state index in [1.165, 1.54) is 26.4 Å². The highest BCUT2D eigenvalue weighted by molar-refractivity contribution is 7.10. The highest BCUT2D eigenvalue weighted by atomic mass is 32.1. The fourth-order valence-electron chi connectivity index (χ4n) is 2.75. The number of aromatic amines is 1. The lowest BCUT2D eigenvalue weighted by Crippen LogP contribution is -2.14. The molecule has 1 fully saturated rings. The number of tetrazole rings is 1. The molecular formula is C18H16N6O2S. The van der Waals surface area contributed by atoms with Crippen LogP contribution in [-0.4, -0.2) is 38.6 Å². The van der Waals surface area contributed by atoms with Crippen LogP contribution in [0.5, 0.6) is 5.75 Å². The van der Waals surface area contributed by atoms with Gasteiger partial charge in [-0.05, 0) is 36.1 Å². The number of anilines is 1. The van der Waals surface area contributed by atoms with Crippen LogP contribution in [0.2, 0.25) is 0 Å². The normalized spacial score (nSPS) is 13.4. The second-order valence-corrected chi connectivity index (χ2v) is 6.89. The number of nitrogens with zero attached hydrogens (tertiary/aromatic N) is 4. The van der Waals surface area contributed by atoms with Gasteiger partial charge in [0, 0.05) is 11.3 Å². The highest BCUT2D eigenvalue weighted by Gasteiger charge is 2.21. The van der Waals surface area contributed by atoms with Crippen LogP contribution in [0.25, 0.3) is 0 Å². The monoisotopic (exact) mass is 380 g/mol. The van der Waals surface area contributed by atoms with Crippen LogP contribution in [-0.2, 0) is 0 Å². The molecule has 0 aliphatic heterocycles. The van der Waals surface area contributed by atoms with Gasteiger partial charge >= 0.3 is 0 Å². The van der Waals surface area contributed by atoms with Gasteiger partial charge < -0.3 is 10.1 Å². The third-order valence-corrected chi connectivity index (χ3v) is 5.14. The number of ether oxygens (including phenoxy) is 1. The van der Waals surface area contributed by atoms with E-state index in [-0.39, 0.29) is 5.82 Å². The van der Waals surface area contributed by atoms with Gasteiger partial charge in [0.25, 0.3) is 11.7 Å². The maximum absolute atomic E-state index is 12.1. The smallest absolute Gasteiger partial charge is 0.297 e. The molecule has 0 bridgehead atoms. The number of para-hydroxylation sites is 1. The predicted octanol–water partition coefficient (Wildman–Crippen LogP) is 2.58. The summed E-state index contributed by atoms with van der Waals surface area (Å²) in [4.78, 5) is 16.8. The zero-order chi connectivity index (χ0) is 18.6. The predicted molar refractivity (Wildman–Crippen MR) is 99.8 cm³/mol. The Kier molecular flexibility index (Phi) is 4.80. The van der Waals surface area contributed by atoms with Gasteiger partial charge in [0.05, 0.1) is 24.1 Å². The van der Waals surface area contributed by atoms with Crippen molar-refractivity contribution in [3.8, 4) is 17.6 Å². The minimum absolute atomic E-state index is 0.0557. The molecule has 1 saturated carbocycles. The van der Waals surface area contributed by atoms with E-state index in [1.807, 2.05) is 6.07 Å². The van der Waals surface area contributed by atoms with Gasteiger partial charge in [-0.15, -0.1) is 21.5 Å². The maximum atomic E-state index is 12.1. The van der Waals surface area contributed by atoms with E-state index in [4.69, 9.17) is 4.74 Å². The van der Waals surface area contributed by atoms with Crippen molar-refractivity contribution in [1.29, 1.82) is 0 Å². The summed E-state index contributed by atoms with van der Waals surface area (Å²) in [6, 6.07) is 5.34. The molecule has 0 radical (unpaired) electrons. The maximum Gasteiger partial charge on any atom is 0.297 e. The van der Waals surface area contributed by atoms with Crippen LogP contribution in [0.1, 0.15) is 52.1 Å². The second kappa shape index (κ2) is 7.55. The minimum Gasteiger partial charge on any atom is -0.493 e. The molecule has 1 aliphatic carbocycles. The van der Waals surface area contributed by atoms with Crippen LogP contribution in [0, 0.1) is 11.8 Å². The Morgan fingerprint density at radius 1 is 1.37 bits per heavy atom. The van der Waals surface area contributed by atoms with Gasteiger partial charge in [0.2, 0.25) is 0 Å². The largest absolute Gasteiger partial charge is 0.493 e. The summed E-state index contributed by atoms with van der Waals surface area (Å²) >= 11 is 1.55. The van der Waals surface area contributed by atoms with Crippen molar-refractivity contribution in [3.05, 3.63) is 45.7 Å². The van der Waals surface area contributed by atoms with E-state index < -0.39 is 5.91 Å². The van der Waals surface area contributed by atoms with E-state index in [0.717, 1.165) is 10.7 Å². The molecule has 9 heteroatoms. The first-order valence-corrected chi connectivity index (χ1v) is 9.32. The zero-order valence-electron chi connectivity index (χ0n) is 14.5. The number of amides is 1. The summed E-state index contributed by atoms with van der Waals surface area (Å²) in [6.45, 7) is 0. The summed E-state index contributed by atoms with van der Waals surface area (Å²) in [5.41, 5.74) is 2.28. The van der Waals surface area contributed by atoms with Gasteiger partial charge in [-0.25, -0.2) is 4.98 Å². The average Bonchev–Trinajstić information content (AvgIpc) is 3.31. The van der Waals surface area contributed by atoms with Crippen LogP contribution in [0.3, 0.4) is 0 Å². The van der Waals surface area contributed by atoms with E-state index in [9.17, 15) is 4.79 Å². The minimum atomic E-state index is -0.489. The lowest BCUT2D eigenvalue weighted by molar-refractivity contribution is 0.101. The SMILES string of the molecule is COc1c(C#Cc2nc(C3CCC3)cs2)cccc1NC(=O)c1nn[nH]n1. The molecule has 1 aromatic carbocycles. The van der Waals surface area contributed by atoms with Gasteiger partial charge in [-0.2, -0.15) is 5.21 Å². The van der Waals surface area contributed by atoms with Crippen molar-refractivity contribution >= 4 is 22.9 Å². The molecular weight excluding hydrogens is 364 g/mol. The molecule has 136 valence electrons. The molecule has 2 aromatic heterocycles. The Balaban J connectivity index is 1.56. The summed E-state index contributed by atoms with van der Waals surface area (Å²) < 4.78 is 5.45. The third kappa shape index (κ3) is 3.66. The van der Waals surface area contributed by atoms with Crippen LogP contribution >= 0.6 is 11.3 Å². The molecule has 2 heterocycles. The summed E-state index contributed by atoms with van der Waals surface area (Å²) in [7, 11) is 1.53. The number of benzene rings is 1. The van der Waals surface area contributed by atoms with Crippen molar-refractivity contribution in [1.82, 2.24) is 25.6 Å². The van der Waals surface area contributed by atoms with Crippen molar-refractivity contribution in [2.24, 2.45) is 0 Å². The average molecular weight is 380 g/mol. The standard InChI is InChI=1S/C18H16N6O2S/c1-26-16-12(8-9-15-19-14(10-27-15)11-4-2-5-11)6-3-7-13(16)20-18(25)17-21-23-24-22-17/h3,6-7,10-11H,2,4-5H2,1H3,(H,20,25)(H,21,22,23,24). The van der Waals surface area contributed by atoms with E-state index >= 15 is 0 Å². The Morgan fingerprint density at radius 3 is 2.96 bits per heavy atom. The molecule has 1 aliphatic rings. The Hall–Kier alpha value is -3.25. The number of thiazole rings is 1. The number of aromatic nitrogens is 5. The van der Waals surface area contributed by atoms with Gasteiger partial charge in [-0.1, -0.05) is 18.4 Å². The summed E-state index contributed by atoms with van der Waals surface area (Å²) in [5, 5.41) is 18.5. The Morgan fingerprint density at radius 2 is 2.26 bits per heavy atom.